The molecule has 0 saturated heterocycles. The van der Waals surface area contributed by atoms with Crippen molar-refractivity contribution >= 4 is 17.3 Å². The molecule has 1 aliphatic heterocycles. The highest BCUT2D eigenvalue weighted by atomic mass is 16.2. The summed E-state index contributed by atoms with van der Waals surface area (Å²) < 4.78 is 0. The summed E-state index contributed by atoms with van der Waals surface area (Å²) in [4.78, 5) is 17.2. The number of para-hydroxylation sites is 2. The molecule has 0 radical (unpaired) electrons. The van der Waals surface area contributed by atoms with Gasteiger partial charge in [-0.2, -0.15) is 0 Å². The van der Waals surface area contributed by atoms with Gasteiger partial charge in [0.25, 0.3) is 0 Å². The number of nitrogens with zero attached hydrogens (tertiary/aromatic N) is 2. The summed E-state index contributed by atoms with van der Waals surface area (Å²) in [5.74, 6) is 0.598. The van der Waals surface area contributed by atoms with E-state index in [1.807, 2.05) is 11.0 Å². The predicted molar refractivity (Wildman–Crippen MR) is 98.5 cm³/mol. The van der Waals surface area contributed by atoms with Gasteiger partial charge in [-0.3, -0.25) is 4.79 Å². The Morgan fingerprint density at radius 3 is 2.38 bits per heavy atom. The Hall–Kier alpha value is -2.29. The number of hydrogen-bond acceptors (Lipinski definition) is 2. The zero-order valence-electron chi connectivity index (χ0n) is 14.0. The van der Waals surface area contributed by atoms with Crippen LogP contribution in [0.2, 0.25) is 0 Å². The first-order valence-electron chi connectivity index (χ1n) is 9.02. The fourth-order valence-corrected chi connectivity index (χ4v) is 3.54. The summed E-state index contributed by atoms with van der Waals surface area (Å²) in [5.41, 5.74) is 3.67. The molecular weight excluding hydrogens is 296 g/mol. The first-order valence-corrected chi connectivity index (χ1v) is 9.02. The molecule has 124 valence electrons. The van der Waals surface area contributed by atoms with Gasteiger partial charge in [0.05, 0.1) is 11.4 Å². The summed E-state index contributed by atoms with van der Waals surface area (Å²) in [7, 11) is 0. The highest BCUT2D eigenvalue weighted by Gasteiger charge is 2.35. The third-order valence-corrected chi connectivity index (χ3v) is 5.03. The Labute approximate surface area is 143 Å². The molecule has 1 aliphatic carbocycles. The topological polar surface area (TPSA) is 23.6 Å². The molecule has 24 heavy (non-hydrogen) atoms. The molecule has 3 heteroatoms. The fourth-order valence-electron chi connectivity index (χ4n) is 3.54. The quantitative estimate of drug-likeness (QED) is 0.853. The van der Waals surface area contributed by atoms with Gasteiger partial charge in [-0.1, -0.05) is 42.5 Å². The summed E-state index contributed by atoms with van der Waals surface area (Å²) in [6.45, 7) is 2.85. The van der Waals surface area contributed by atoms with E-state index in [1.54, 1.807) is 0 Å². The number of rotatable bonds is 4. The molecular formula is C21H24N2O. The molecule has 0 spiro atoms. The molecule has 1 fully saturated rings. The van der Waals surface area contributed by atoms with Gasteiger partial charge in [0.15, 0.2) is 0 Å². The molecule has 2 aromatic carbocycles. The number of fused-ring (bicyclic) bond motifs is 1. The molecule has 2 aromatic rings. The zero-order valence-corrected chi connectivity index (χ0v) is 14.0. The van der Waals surface area contributed by atoms with Crippen molar-refractivity contribution in [2.45, 2.75) is 25.7 Å². The van der Waals surface area contributed by atoms with Gasteiger partial charge in [0.1, 0.15) is 0 Å². The fraction of sp³-hybridized carbons (Fsp3) is 0.381. The van der Waals surface area contributed by atoms with E-state index in [1.165, 1.54) is 11.3 Å². The van der Waals surface area contributed by atoms with E-state index in [0.29, 0.717) is 5.91 Å². The maximum atomic E-state index is 12.7. The zero-order chi connectivity index (χ0) is 16.4. The van der Waals surface area contributed by atoms with Crippen molar-refractivity contribution in [3.8, 4) is 0 Å². The minimum absolute atomic E-state index is 0.272. The Morgan fingerprint density at radius 2 is 1.62 bits per heavy atom. The molecule has 1 saturated carbocycles. The van der Waals surface area contributed by atoms with Crippen LogP contribution in [0.3, 0.4) is 0 Å². The second-order valence-electron chi connectivity index (χ2n) is 6.83. The molecule has 0 bridgehead atoms. The van der Waals surface area contributed by atoms with Gasteiger partial charge < -0.3 is 9.80 Å². The number of benzene rings is 2. The molecule has 0 atom stereocenters. The van der Waals surface area contributed by atoms with Crippen molar-refractivity contribution < 1.29 is 4.79 Å². The lowest BCUT2D eigenvalue weighted by Gasteiger charge is -2.27. The average molecular weight is 320 g/mol. The van der Waals surface area contributed by atoms with E-state index < -0.39 is 0 Å². The van der Waals surface area contributed by atoms with E-state index in [4.69, 9.17) is 0 Å². The van der Waals surface area contributed by atoms with Crippen LogP contribution >= 0.6 is 0 Å². The van der Waals surface area contributed by atoms with Crippen LogP contribution in [0.25, 0.3) is 0 Å². The molecule has 3 nitrogen and oxygen atoms in total. The lowest BCUT2D eigenvalue weighted by atomic mass is 10.1. The van der Waals surface area contributed by atoms with Crippen LogP contribution < -0.4 is 9.80 Å². The molecule has 1 amide bonds. The predicted octanol–water partition coefficient (Wildman–Crippen LogP) is 3.88. The summed E-state index contributed by atoms with van der Waals surface area (Å²) >= 11 is 0. The van der Waals surface area contributed by atoms with Gasteiger partial charge in [0.2, 0.25) is 5.91 Å². The largest absolute Gasteiger partial charge is 0.369 e. The van der Waals surface area contributed by atoms with E-state index in [2.05, 4.69) is 53.4 Å². The third-order valence-electron chi connectivity index (χ3n) is 5.03. The Bertz CT molecular complexity index is 709. The highest BCUT2D eigenvalue weighted by molar-refractivity contribution is 5.99. The van der Waals surface area contributed by atoms with Gasteiger partial charge in [-0.25, -0.2) is 0 Å². The molecule has 0 unspecified atom stereocenters. The van der Waals surface area contributed by atoms with E-state index in [0.717, 1.165) is 51.0 Å². The van der Waals surface area contributed by atoms with Crippen LogP contribution in [0, 0.1) is 5.92 Å². The summed E-state index contributed by atoms with van der Waals surface area (Å²) in [6.07, 6.45) is 4.19. The van der Waals surface area contributed by atoms with Crippen LogP contribution in [0.5, 0.6) is 0 Å². The molecule has 0 aromatic heterocycles. The number of carbonyl (C=O) groups is 1. The molecule has 4 rings (SSSR count). The van der Waals surface area contributed by atoms with Crippen LogP contribution in [0.15, 0.2) is 54.6 Å². The normalized spacial score (nSPS) is 17.3. The lowest BCUT2D eigenvalue weighted by molar-refractivity contribution is -0.119. The van der Waals surface area contributed by atoms with Gasteiger partial charge in [0, 0.05) is 25.6 Å². The minimum Gasteiger partial charge on any atom is -0.369 e. The SMILES string of the molecule is O=C(C1CC1)N1CCCN(CCc2ccccc2)c2ccccc21. The first kappa shape index (κ1) is 15.3. The number of hydrogen-bond donors (Lipinski definition) is 0. The summed E-state index contributed by atoms with van der Waals surface area (Å²) in [5, 5.41) is 0. The van der Waals surface area contributed by atoms with Crippen LogP contribution in [-0.2, 0) is 11.2 Å². The first-order chi connectivity index (χ1) is 11.8. The number of carbonyl (C=O) groups excluding carboxylic acids is 1. The monoisotopic (exact) mass is 320 g/mol. The second-order valence-corrected chi connectivity index (χ2v) is 6.83. The molecule has 2 aliphatic rings. The highest BCUT2D eigenvalue weighted by Crippen LogP contribution is 2.37. The lowest BCUT2D eigenvalue weighted by Crippen LogP contribution is -2.32. The minimum atomic E-state index is 0.272. The van der Waals surface area contributed by atoms with Gasteiger partial charge in [-0.15, -0.1) is 0 Å². The Morgan fingerprint density at radius 1 is 0.917 bits per heavy atom. The van der Waals surface area contributed by atoms with E-state index >= 15 is 0 Å². The van der Waals surface area contributed by atoms with Crippen LogP contribution in [-0.4, -0.2) is 25.5 Å². The van der Waals surface area contributed by atoms with Crippen molar-refractivity contribution in [3.63, 3.8) is 0 Å². The average Bonchev–Trinajstić information content (AvgIpc) is 3.47. The van der Waals surface area contributed by atoms with E-state index in [-0.39, 0.29) is 5.92 Å². The van der Waals surface area contributed by atoms with Crippen molar-refractivity contribution in [1.82, 2.24) is 0 Å². The van der Waals surface area contributed by atoms with Crippen LogP contribution in [0.1, 0.15) is 24.8 Å². The summed E-state index contributed by atoms with van der Waals surface area (Å²) in [6, 6.07) is 19.0. The smallest absolute Gasteiger partial charge is 0.230 e. The van der Waals surface area contributed by atoms with Crippen LogP contribution in [0.4, 0.5) is 11.4 Å². The van der Waals surface area contributed by atoms with Crippen molar-refractivity contribution in [3.05, 3.63) is 60.2 Å². The Balaban J connectivity index is 1.56. The number of anilines is 2. The van der Waals surface area contributed by atoms with Crippen molar-refractivity contribution in [2.24, 2.45) is 5.92 Å². The van der Waals surface area contributed by atoms with Crippen molar-refractivity contribution in [1.29, 1.82) is 0 Å². The molecule has 1 heterocycles. The van der Waals surface area contributed by atoms with Gasteiger partial charge in [-0.05, 0) is 43.4 Å². The third kappa shape index (κ3) is 3.16. The standard InChI is InChI=1S/C21H24N2O/c24-21(18-11-12-18)23-15-6-14-22(19-9-4-5-10-20(19)23)16-13-17-7-2-1-3-8-17/h1-5,7-10,18H,6,11-16H2. The second kappa shape index (κ2) is 6.68. The maximum Gasteiger partial charge on any atom is 0.230 e. The molecule has 0 N–H and O–H groups in total. The van der Waals surface area contributed by atoms with Crippen molar-refractivity contribution in [2.75, 3.05) is 29.4 Å². The Kier molecular flexibility index (Phi) is 4.24. The number of amides is 1. The van der Waals surface area contributed by atoms with Gasteiger partial charge >= 0.3 is 0 Å². The maximum absolute atomic E-state index is 12.7. The van der Waals surface area contributed by atoms with E-state index in [9.17, 15) is 4.79 Å².